The first kappa shape index (κ1) is 38.4. The van der Waals surface area contributed by atoms with Gasteiger partial charge >= 0.3 is 6.09 Å². The number of rotatable bonds is 7. The van der Waals surface area contributed by atoms with Crippen LogP contribution in [0, 0.1) is 13.8 Å². The zero-order valence-corrected chi connectivity index (χ0v) is 34.8. The first-order chi connectivity index (χ1) is 28.3. The summed E-state index contributed by atoms with van der Waals surface area (Å²) in [5, 5.41) is 2.16. The van der Waals surface area contributed by atoms with Gasteiger partial charge in [0.05, 0.1) is 22.0 Å². The predicted molar refractivity (Wildman–Crippen MR) is 232 cm³/mol. The van der Waals surface area contributed by atoms with Gasteiger partial charge in [0.1, 0.15) is 11.9 Å². The standard InChI is InChI=1S/C48H47N5O5S/c1-30-9-18-38(19-10-30)59(56,57)53-43(35-15-13-32(14-16-35)34-21-24-51(25-22-34)47(55)58-48(3,4)5)28-41-44(49-29-50-45(41)53)39-7-6-8-42(31(39)2)52-26-23-37-27-36(33-11-12-33)17-20-40(37)46(52)54/h6-10,13-20,23,26-29,33-34H,11-12,21-22,24-25H2,1-5H3. The average molecular weight is 806 g/mol. The van der Waals surface area contributed by atoms with Gasteiger partial charge in [-0.25, -0.2) is 27.2 Å². The van der Waals surface area contributed by atoms with E-state index in [0.29, 0.717) is 52.4 Å². The van der Waals surface area contributed by atoms with Gasteiger partial charge in [-0.05, 0) is 136 Å². The van der Waals surface area contributed by atoms with Crippen LogP contribution in [0.15, 0.2) is 119 Å². The Hall–Kier alpha value is -6.07. The molecule has 11 heteroatoms. The van der Waals surface area contributed by atoms with Crippen LogP contribution in [0.25, 0.3) is 50.0 Å². The number of hydrogen-bond acceptors (Lipinski definition) is 7. The number of nitrogens with zero attached hydrogens (tertiary/aromatic N) is 5. The van der Waals surface area contributed by atoms with E-state index in [1.165, 1.54) is 28.7 Å². The molecular formula is C48H47N5O5S. The predicted octanol–water partition coefficient (Wildman–Crippen LogP) is 9.92. The van der Waals surface area contributed by atoms with Gasteiger partial charge in [0, 0.05) is 35.6 Å². The normalized spacial score (nSPS) is 15.2. The van der Waals surface area contributed by atoms with Crippen molar-refractivity contribution in [3.8, 4) is 28.2 Å². The lowest BCUT2D eigenvalue weighted by atomic mass is 9.89. The third-order valence-corrected chi connectivity index (χ3v) is 13.5. The Morgan fingerprint density at radius 3 is 2.17 bits per heavy atom. The van der Waals surface area contributed by atoms with E-state index in [1.54, 1.807) is 33.7 Å². The molecule has 0 bridgehead atoms. The van der Waals surface area contributed by atoms with Gasteiger partial charge in [0.15, 0.2) is 5.65 Å². The summed E-state index contributed by atoms with van der Waals surface area (Å²) in [6, 6.07) is 30.6. The summed E-state index contributed by atoms with van der Waals surface area (Å²) >= 11 is 0. The van der Waals surface area contributed by atoms with Gasteiger partial charge < -0.3 is 9.64 Å². The van der Waals surface area contributed by atoms with Crippen LogP contribution in [-0.4, -0.2) is 56.6 Å². The number of aromatic nitrogens is 4. The van der Waals surface area contributed by atoms with Gasteiger partial charge in [0.25, 0.3) is 15.6 Å². The second kappa shape index (κ2) is 14.6. The molecule has 0 radical (unpaired) electrons. The Labute approximate surface area is 344 Å². The maximum atomic E-state index is 14.7. The highest BCUT2D eigenvalue weighted by Crippen LogP contribution is 2.41. The van der Waals surface area contributed by atoms with Crippen LogP contribution in [0.5, 0.6) is 0 Å². The van der Waals surface area contributed by atoms with Crippen LogP contribution < -0.4 is 5.56 Å². The number of pyridine rings is 1. The monoisotopic (exact) mass is 805 g/mol. The fourth-order valence-electron chi connectivity index (χ4n) is 8.38. The van der Waals surface area contributed by atoms with E-state index in [1.807, 2.05) is 89.3 Å². The quantitative estimate of drug-likeness (QED) is 0.158. The van der Waals surface area contributed by atoms with Crippen molar-refractivity contribution in [1.82, 2.24) is 23.4 Å². The molecule has 9 rings (SSSR count). The third-order valence-electron chi connectivity index (χ3n) is 11.7. The number of benzene rings is 4. The van der Waals surface area contributed by atoms with Crippen LogP contribution in [-0.2, 0) is 14.8 Å². The van der Waals surface area contributed by atoms with Crippen molar-refractivity contribution >= 4 is 37.9 Å². The molecule has 4 aromatic carbocycles. The number of aryl methyl sites for hydroxylation is 1. The lowest BCUT2D eigenvalue weighted by Gasteiger charge is -2.33. The zero-order chi connectivity index (χ0) is 41.2. The molecule has 1 saturated heterocycles. The van der Waals surface area contributed by atoms with E-state index in [4.69, 9.17) is 9.72 Å². The molecule has 10 nitrogen and oxygen atoms in total. The molecule has 1 amide bonds. The summed E-state index contributed by atoms with van der Waals surface area (Å²) in [4.78, 5) is 38.0. The first-order valence-electron chi connectivity index (χ1n) is 20.3. The topological polar surface area (TPSA) is 116 Å². The molecule has 0 unspecified atom stereocenters. The third kappa shape index (κ3) is 7.22. The first-order valence-corrected chi connectivity index (χ1v) is 21.7. The summed E-state index contributed by atoms with van der Waals surface area (Å²) < 4.78 is 38.0. The van der Waals surface area contributed by atoms with Crippen LogP contribution in [0.2, 0.25) is 0 Å². The largest absolute Gasteiger partial charge is 0.444 e. The molecule has 1 saturated carbocycles. The van der Waals surface area contributed by atoms with E-state index in [2.05, 4.69) is 29.2 Å². The smallest absolute Gasteiger partial charge is 0.410 e. The molecule has 1 aliphatic heterocycles. The lowest BCUT2D eigenvalue weighted by Crippen LogP contribution is -2.41. The minimum absolute atomic E-state index is 0.104. The molecule has 300 valence electrons. The average Bonchev–Trinajstić information content (AvgIpc) is 4.00. The maximum absolute atomic E-state index is 14.7. The van der Waals surface area contributed by atoms with Crippen molar-refractivity contribution in [3.05, 3.63) is 142 Å². The molecular weight excluding hydrogens is 759 g/mol. The minimum Gasteiger partial charge on any atom is -0.444 e. The highest BCUT2D eigenvalue weighted by atomic mass is 32.2. The van der Waals surface area contributed by atoms with Crippen LogP contribution in [0.4, 0.5) is 4.79 Å². The number of carbonyl (C=O) groups excluding carboxylic acids is 1. The fourth-order valence-corrected chi connectivity index (χ4v) is 9.86. The Kier molecular flexibility index (Phi) is 9.54. The van der Waals surface area contributed by atoms with Crippen molar-refractivity contribution in [2.24, 2.45) is 0 Å². The molecule has 7 aromatic rings. The second-order valence-corrected chi connectivity index (χ2v) is 18.8. The zero-order valence-electron chi connectivity index (χ0n) is 34.0. The Bertz CT molecular complexity index is 2930. The number of fused-ring (bicyclic) bond motifs is 2. The summed E-state index contributed by atoms with van der Waals surface area (Å²) in [5.41, 5.74) is 6.97. The molecule has 1 aliphatic carbocycles. The number of carbonyl (C=O) groups is 1. The summed E-state index contributed by atoms with van der Waals surface area (Å²) in [7, 11) is -4.14. The highest BCUT2D eigenvalue weighted by Gasteiger charge is 2.30. The minimum atomic E-state index is -4.14. The molecule has 4 heterocycles. The van der Waals surface area contributed by atoms with Crippen molar-refractivity contribution in [1.29, 1.82) is 0 Å². The molecule has 0 spiro atoms. The number of amides is 1. The lowest BCUT2D eigenvalue weighted by molar-refractivity contribution is 0.0205. The molecule has 0 atom stereocenters. The summed E-state index contributed by atoms with van der Waals surface area (Å²) in [6.45, 7) is 10.7. The van der Waals surface area contributed by atoms with Crippen molar-refractivity contribution in [2.45, 2.75) is 82.6 Å². The van der Waals surface area contributed by atoms with E-state index in [-0.39, 0.29) is 28.1 Å². The van der Waals surface area contributed by atoms with E-state index >= 15 is 0 Å². The van der Waals surface area contributed by atoms with E-state index < -0.39 is 15.6 Å². The second-order valence-electron chi connectivity index (χ2n) is 17.0. The molecule has 59 heavy (non-hydrogen) atoms. The van der Waals surface area contributed by atoms with Crippen LogP contribution in [0.1, 0.15) is 80.5 Å². The molecule has 3 aromatic heterocycles. The Balaban J connectivity index is 1.11. The van der Waals surface area contributed by atoms with E-state index in [0.717, 1.165) is 40.5 Å². The number of hydrogen-bond donors (Lipinski definition) is 0. The summed E-state index contributed by atoms with van der Waals surface area (Å²) in [6.07, 6.45) is 6.93. The maximum Gasteiger partial charge on any atom is 0.410 e. The van der Waals surface area contributed by atoms with Crippen molar-refractivity contribution in [3.63, 3.8) is 0 Å². The van der Waals surface area contributed by atoms with Crippen LogP contribution in [0.3, 0.4) is 0 Å². The number of likely N-dealkylation sites (tertiary alicyclic amines) is 1. The highest BCUT2D eigenvalue weighted by molar-refractivity contribution is 7.90. The van der Waals surface area contributed by atoms with Gasteiger partial charge in [-0.1, -0.05) is 66.2 Å². The van der Waals surface area contributed by atoms with Crippen LogP contribution >= 0.6 is 0 Å². The van der Waals surface area contributed by atoms with Gasteiger partial charge in [0.2, 0.25) is 0 Å². The van der Waals surface area contributed by atoms with Crippen molar-refractivity contribution < 1.29 is 17.9 Å². The van der Waals surface area contributed by atoms with Gasteiger partial charge in [-0.2, -0.15) is 0 Å². The van der Waals surface area contributed by atoms with Gasteiger partial charge in [-0.15, -0.1) is 0 Å². The summed E-state index contributed by atoms with van der Waals surface area (Å²) in [5.74, 6) is 0.835. The Morgan fingerprint density at radius 2 is 1.47 bits per heavy atom. The van der Waals surface area contributed by atoms with Gasteiger partial charge in [-0.3, -0.25) is 9.36 Å². The SMILES string of the molecule is Cc1ccc(S(=O)(=O)n2c(-c3ccc(C4CCN(C(=O)OC(C)(C)C)CC4)cc3)cc3c(-c4cccc(-n5ccc6cc(C7CC7)ccc6c5=O)c4C)ncnc32)cc1. The molecule has 0 N–H and O–H groups in total. The fraction of sp³-hybridized carbons (Fsp3) is 0.292. The molecule has 2 fully saturated rings. The number of ether oxygens (including phenoxy) is 1. The van der Waals surface area contributed by atoms with Crippen molar-refractivity contribution in [2.75, 3.05) is 13.1 Å². The molecule has 2 aliphatic rings. The van der Waals surface area contributed by atoms with E-state index in [9.17, 15) is 18.0 Å². The Morgan fingerprint density at radius 1 is 0.780 bits per heavy atom. The number of piperidine rings is 1.